The van der Waals surface area contributed by atoms with Crippen LogP contribution in [0, 0.1) is 10.1 Å². The van der Waals surface area contributed by atoms with Gasteiger partial charge in [-0.15, -0.1) is 0 Å². The fraction of sp³-hybridized carbons (Fsp3) is 0.278. The van der Waals surface area contributed by atoms with Crippen LogP contribution in [0.1, 0.15) is 17.5 Å². The zero-order valence-electron chi connectivity index (χ0n) is 13.9. The molecule has 0 spiro atoms. The van der Waals surface area contributed by atoms with Crippen LogP contribution in [0.15, 0.2) is 36.4 Å². The Kier molecular flexibility index (Phi) is 5.58. The molecule has 0 bridgehead atoms. The molecule has 136 valence electrons. The Balaban J connectivity index is 1.66. The second-order valence-electron chi connectivity index (χ2n) is 5.79. The molecule has 1 aliphatic heterocycles. The number of nitro groups is 1. The summed E-state index contributed by atoms with van der Waals surface area (Å²) < 4.78 is 11.2. The van der Waals surface area contributed by atoms with Gasteiger partial charge in [-0.05, 0) is 17.7 Å². The Morgan fingerprint density at radius 1 is 1.23 bits per heavy atom. The molecule has 0 saturated carbocycles. The molecule has 0 unspecified atom stereocenters. The Labute approximate surface area is 155 Å². The number of rotatable bonds is 5. The summed E-state index contributed by atoms with van der Waals surface area (Å²) >= 11 is 6.23. The summed E-state index contributed by atoms with van der Waals surface area (Å²) in [5.41, 5.74) is 1.06. The normalized spacial score (nSPS) is 13.0. The van der Waals surface area contributed by atoms with Gasteiger partial charge >= 0.3 is 0 Å². The Hall–Kier alpha value is -2.80. The second kappa shape index (κ2) is 8.05. The van der Waals surface area contributed by atoms with Gasteiger partial charge in [0, 0.05) is 24.6 Å². The topological polar surface area (TPSA) is 90.7 Å². The average Bonchev–Trinajstić information content (AvgIpc) is 2.86. The van der Waals surface area contributed by atoms with Crippen molar-refractivity contribution in [3.63, 3.8) is 0 Å². The van der Waals surface area contributed by atoms with Gasteiger partial charge < -0.3 is 14.8 Å². The third kappa shape index (κ3) is 4.23. The number of benzene rings is 2. The molecule has 0 atom stereocenters. The Morgan fingerprint density at radius 2 is 2.00 bits per heavy atom. The van der Waals surface area contributed by atoms with Crippen molar-refractivity contribution in [2.45, 2.75) is 19.4 Å². The number of nitrogens with one attached hydrogen (secondary N) is 1. The monoisotopic (exact) mass is 376 g/mol. The van der Waals surface area contributed by atoms with Crippen molar-refractivity contribution in [1.82, 2.24) is 5.32 Å². The number of hydrogen-bond donors (Lipinski definition) is 1. The molecular formula is C18H17ClN2O5. The highest BCUT2D eigenvalue weighted by atomic mass is 35.5. The molecule has 2 aromatic rings. The van der Waals surface area contributed by atoms with E-state index in [1.807, 2.05) is 0 Å². The van der Waals surface area contributed by atoms with Gasteiger partial charge in [-0.25, -0.2) is 0 Å². The highest BCUT2D eigenvalue weighted by Gasteiger charge is 2.17. The van der Waals surface area contributed by atoms with E-state index in [1.165, 1.54) is 6.07 Å². The van der Waals surface area contributed by atoms with E-state index in [0.29, 0.717) is 35.3 Å². The Bertz CT molecular complexity index is 840. The first-order valence-electron chi connectivity index (χ1n) is 8.11. The molecule has 0 aromatic heterocycles. The van der Waals surface area contributed by atoms with Crippen LogP contribution in [0.4, 0.5) is 5.69 Å². The van der Waals surface area contributed by atoms with E-state index in [-0.39, 0.29) is 24.6 Å². The number of fused-ring (bicyclic) bond motifs is 1. The molecule has 1 amide bonds. The third-order valence-corrected chi connectivity index (χ3v) is 4.17. The minimum atomic E-state index is -0.494. The van der Waals surface area contributed by atoms with Crippen molar-refractivity contribution >= 4 is 23.2 Å². The highest BCUT2D eigenvalue weighted by molar-refractivity contribution is 6.32. The number of hydrogen-bond acceptors (Lipinski definition) is 5. The molecule has 7 nitrogen and oxygen atoms in total. The number of carbonyl (C=O) groups is 1. The molecule has 0 radical (unpaired) electrons. The van der Waals surface area contributed by atoms with E-state index >= 15 is 0 Å². The fourth-order valence-corrected chi connectivity index (χ4v) is 2.95. The quantitative estimate of drug-likeness (QED) is 0.638. The summed E-state index contributed by atoms with van der Waals surface area (Å²) in [7, 11) is 0. The molecular weight excluding hydrogens is 360 g/mol. The number of amides is 1. The first kappa shape index (κ1) is 18.0. The van der Waals surface area contributed by atoms with Crippen molar-refractivity contribution in [3.8, 4) is 11.5 Å². The summed E-state index contributed by atoms with van der Waals surface area (Å²) in [6, 6.07) is 9.67. The fourth-order valence-electron chi connectivity index (χ4n) is 2.66. The predicted octanol–water partition coefficient (Wildman–Crippen LogP) is 3.27. The maximum Gasteiger partial charge on any atom is 0.273 e. The van der Waals surface area contributed by atoms with Gasteiger partial charge in [0.1, 0.15) is 0 Å². The largest absolute Gasteiger partial charge is 0.489 e. The van der Waals surface area contributed by atoms with Crippen molar-refractivity contribution in [2.75, 3.05) is 13.2 Å². The minimum Gasteiger partial charge on any atom is -0.489 e. The van der Waals surface area contributed by atoms with Gasteiger partial charge in [0.2, 0.25) is 5.91 Å². The second-order valence-corrected chi connectivity index (χ2v) is 6.20. The first-order chi connectivity index (χ1) is 12.5. The summed E-state index contributed by atoms with van der Waals surface area (Å²) in [6.45, 7) is 1.31. The van der Waals surface area contributed by atoms with Gasteiger partial charge in [-0.1, -0.05) is 29.8 Å². The van der Waals surface area contributed by atoms with Crippen LogP contribution in [0.2, 0.25) is 5.02 Å². The van der Waals surface area contributed by atoms with Crippen LogP contribution in [0.5, 0.6) is 11.5 Å². The SMILES string of the molecule is O=C(Cc1ccccc1[N+](=O)[O-])NCc1cc(Cl)c2c(c1)OCCCO2. The molecule has 1 aliphatic rings. The highest BCUT2D eigenvalue weighted by Crippen LogP contribution is 2.37. The van der Waals surface area contributed by atoms with Gasteiger partial charge in [-0.3, -0.25) is 14.9 Å². The summed E-state index contributed by atoms with van der Waals surface area (Å²) in [5, 5.41) is 14.2. The first-order valence-corrected chi connectivity index (χ1v) is 8.49. The third-order valence-electron chi connectivity index (χ3n) is 3.89. The zero-order chi connectivity index (χ0) is 18.5. The molecule has 1 N–H and O–H groups in total. The lowest BCUT2D eigenvalue weighted by Gasteiger charge is -2.12. The van der Waals surface area contributed by atoms with E-state index in [2.05, 4.69) is 5.32 Å². The number of ether oxygens (including phenoxy) is 2. The van der Waals surface area contributed by atoms with Crippen LogP contribution in [-0.2, 0) is 17.8 Å². The Morgan fingerprint density at radius 3 is 2.81 bits per heavy atom. The number of nitro benzene ring substituents is 1. The van der Waals surface area contributed by atoms with E-state index in [1.54, 1.807) is 30.3 Å². The summed E-state index contributed by atoms with van der Waals surface area (Å²) in [6.07, 6.45) is 0.697. The smallest absolute Gasteiger partial charge is 0.273 e. The number of nitrogens with zero attached hydrogens (tertiary/aromatic N) is 1. The van der Waals surface area contributed by atoms with Crippen LogP contribution >= 0.6 is 11.6 Å². The molecule has 8 heteroatoms. The molecule has 0 saturated heterocycles. The van der Waals surface area contributed by atoms with E-state index in [0.717, 1.165) is 12.0 Å². The number of halogens is 1. The summed E-state index contributed by atoms with van der Waals surface area (Å²) in [4.78, 5) is 22.7. The molecule has 26 heavy (non-hydrogen) atoms. The van der Waals surface area contributed by atoms with E-state index in [4.69, 9.17) is 21.1 Å². The standard InChI is InChI=1S/C18H17ClN2O5/c19-14-8-12(9-16-18(14)26-7-3-6-25-16)11-20-17(22)10-13-4-1-2-5-15(13)21(23)24/h1-2,4-5,8-9H,3,6-7,10-11H2,(H,20,22). The number of carbonyl (C=O) groups excluding carboxylic acids is 1. The zero-order valence-corrected chi connectivity index (χ0v) is 14.6. The molecule has 2 aromatic carbocycles. The van der Waals surface area contributed by atoms with E-state index in [9.17, 15) is 14.9 Å². The average molecular weight is 377 g/mol. The van der Waals surface area contributed by atoms with Gasteiger partial charge in [-0.2, -0.15) is 0 Å². The maximum absolute atomic E-state index is 12.2. The lowest BCUT2D eigenvalue weighted by Crippen LogP contribution is -2.24. The van der Waals surface area contributed by atoms with Crippen LogP contribution in [0.25, 0.3) is 0 Å². The lowest BCUT2D eigenvalue weighted by atomic mass is 10.1. The maximum atomic E-state index is 12.2. The molecule has 0 aliphatic carbocycles. The summed E-state index contributed by atoms with van der Waals surface area (Å²) in [5.74, 6) is 0.750. The van der Waals surface area contributed by atoms with Gasteiger partial charge in [0.05, 0.1) is 29.6 Å². The predicted molar refractivity (Wildman–Crippen MR) is 95.7 cm³/mol. The van der Waals surface area contributed by atoms with E-state index < -0.39 is 4.92 Å². The minimum absolute atomic E-state index is 0.0683. The van der Waals surface area contributed by atoms with Gasteiger partial charge in [0.25, 0.3) is 5.69 Å². The van der Waals surface area contributed by atoms with Crippen molar-refractivity contribution in [2.24, 2.45) is 0 Å². The lowest BCUT2D eigenvalue weighted by molar-refractivity contribution is -0.385. The molecule has 0 fully saturated rings. The van der Waals surface area contributed by atoms with Crippen molar-refractivity contribution in [1.29, 1.82) is 0 Å². The van der Waals surface area contributed by atoms with Gasteiger partial charge in [0.15, 0.2) is 11.5 Å². The van der Waals surface area contributed by atoms with Crippen molar-refractivity contribution < 1.29 is 19.2 Å². The number of para-hydroxylation sites is 1. The van der Waals surface area contributed by atoms with Crippen LogP contribution in [-0.4, -0.2) is 24.0 Å². The van der Waals surface area contributed by atoms with Crippen molar-refractivity contribution in [3.05, 3.63) is 62.7 Å². The molecule has 1 heterocycles. The van der Waals surface area contributed by atoms with Crippen LogP contribution in [0.3, 0.4) is 0 Å². The molecule has 3 rings (SSSR count). The van der Waals surface area contributed by atoms with Crippen LogP contribution < -0.4 is 14.8 Å².